The van der Waals surface area contributed by atoms with Gasteiger partial charge < -0.3 is 10.1 Å². The van der Waals surface area contributed by atoms with E-state index >= 15 is 0 Å². The zero-order valence-electron chi connectivity index (χ0n) is 19.8. The number of hydrogen-bond acceptors (Lipinski definition) is 5. The van der Waals surface area contributed by atoms with Crippen molar-refractivity contribution in [1.29, 1.82) is 0 Å². The quantitative estimate of drug-likeness (QED) is 0.221. The van der Waals surface area contributed by atoms with Gasteiger partial charge in [-0.1, -0.05) is 50.1 Å². The maximum atomic E-state index is 14.2. The molecule has 3 atom stereocenters. The van der Waals surface area contributed by atoms with E-state index in [-0.39, 0.29) is 23.8 Å². The molecule has 6 nitrogen and oxygen atoms in total. The third kappa shape index (κ3) is 8.14. The predicted octanol–water partition coefficient (Wildman–Crippen LogP) is 5.02. The van der Waals surface area contributed by atoms with Crippen molar-refractivity contribution in [3.05, 3.63) is 65.0 Å². The molecule has 0 bridgehead atoms. The Balaban J connectivity index is 1.91. The van der Waals surface area contributed by atoms with Gasteiger partial charge in [0.1, 0.15) is 11.6 Å². The number of halogens is 2. The number of aromatic nitrogens is 1. The molecule has 1 amide bonds. The SMILES string of the molecule is CO[C@H](C[C@H](CCCCN[C@@H](c1ncc(F)cc1F)C(C)C)C(=O)NO)c1ccc(C)cc1. The Kier molecular flexibility index (Phi) is 10.8. The highest BCUT2D eigenvalue weighted by Gasteiger charge is 2.24. The van der Waals surface area contributed by atoms with Crippen LogP contribution in [-0.2, 0) is 9.53 Å². The largest absolute Gasteiger partial charge is 0.377 e. The highest BCUT2D eigenvalue weighted by atomic mass is 19.1. The van der Waals surface area contributed by atoms with Crippen LogP contribution in [0.4, 0.5) is 8.78 Å². The second-order valence-corrected chi connectivity index (χ2v) is 8.74. The fraction of sp³-hybridized carbons (Fsp3) is 0.520. The molecule has 182 valence electrons. The van der Waals surface area contributed by atoms with Gasteiger partial charge in [-0.3, -0.25) is 15.0 Å². The van der Waals surface area contributed by atoms with Crippen LogP contribution in [0.3, 0.4) is 0 Å². The minimum absolute atomic E-state index is 0.0577. The molecular weight excluding hydrogens is 428 g/mol. The summed E-state index contributed by atoms with van der Waals surface area (Å²) in [5.74, 6) is -2.16. The molecule has 1 aromatic heterocycles. The lowest BCUT2D eigenvalue weighted by molar-refractivity contribution is -0.135. The van der Waals surface area contributed by atoms with E-state index in [0.717, 1.165) is 36.2 Å². The summed E-state index contributed by atoms with van der Waals surface area (Å²) in [4.78, 5) is 16.2. The van der Waals surface area contributed by atoms with Crippen molar-refractivity contribution in [2.45, 2.75) is 58.6 Å². The molecule has 1 aromatic carbocycles. The lowest BCUT2D eigenvalue weighted by atomic mass is 9.91. The Morgan fingerprint density at radius 1 is 1.18 bits per heavy atom. The molecule has 0 radical (unpaired) electrons. The lowest BCUT2D eigenvalue weighted by Crippen LogP contribution is -2.30. The van der Waals surface area contributed by atoms with Crippen molar-refractivity contribution in [3.63, 3.8) is 0 Å². The Morgan fingerprint density at radius 2 is 1.88 bits per heavy atom. The number of hydroxylamine groups is 1. The van der Waals surface area contributed by atoms with E-state index in [2.05, 4.69) is 10.3 Å². The molecule has 0 fully saturated rings. The molecule has 0 aliphatic rings. The summed E-state index contributed by atoms with van der Waals surface area (Å²) < 4.78 is 33.0. The number of aryl methyl sites for hydroxylation is 1. The Bertz CT molecular complexity index is 878. The third-order valence-corrected chi connectivity index (χ3v) is 5.85. The van der Waals surface area contributed by atoms with Gasteiger partial charge in [0.2, 0.25) is 5.91 Å². The van der Waals surface area contributed by atoms with Gasteiger partial charge in [-0.05, 0) is 44.2 Å². The van der Waals surface area contributed by atoms with Crippen LogP contribution in [0.5, 0.6) is 0 Å². The van der Waals surface area contributed by atoms with Crippen molar-refractivity contribution in [3.8, 4) is 0 Å². The Morgan fingerprint density at radius 3 is 2.45 bits per heavy atom. The van der Waals surface area contributed by atoms with E-state index in [4.69, 9.17) is 4.74 Å². The number of carbonyl (C=O) groups excluding carboxylic acids is 1. The summed E-state index contributed by atoms with van der Waals surface area (Å²) in [7, 11) is 1.61. The zero-order valence-corrected chi connectivity index (χ0v) is 19.8. The first-order valence-corrected chi connectivity index (χ1v) is 11.3. The molecule has 2 aromatic rings. The first-order chi connectivity index (χ1) is 15.8. The topological polar surface area (TPSA) is 83.5 Å². The van der Waals surface area contributed by atoms with Crippen LogP contribution in [0.1, 0.15) is 68.5 Å². The van der Waals surface area contributed by atoms with E-state index in [1.807, 2.05) is 45.0 Å². The van der Waals surface area contributed by atoms with Gasteiger partial charge in [0, 0.05) is 19.1 Å². The van der Waals surface area contributed by atoms with E-state index in [1.165, 1.54) is 0 Å². The molecule has 0 aliphatic heterocycles. The van der Waals surface area contributed by atoms with Crippen LogP contribution in [0, 0.1) is 30.4 Å². The first-order valence-electron chi connectivity index (χ1n) is 11.3. The average Bonchev–Trinajstić information content (AvgIpc) is 2.79. The van der Waals surface area contributed by atoms with Gasteiger partial charge >= 0.3 is 0 Å². The first kappa shape index (κ1) is 26.8. The number of hydrogen-bond donors (Lipinski definition) is 3. The van der Waals surface area contributed by atoms with Crippen LogP contribution in [0.2, 0.25) is 0 Å². The number of methoxy groups -OCH3 is 1. The average molecular weight is 464 g/mol. The van der Waals surface area contributed by atoms with Crippen LogP contribution in [-0.4, -0.2) is 29.8 Å². The fourth-order valence-corrected chi connectivity index (χ4v) is 3.93. The number of pyridine rings is 1. The monoisotopic (exact) mass is 463 g/mol. The second-order valence-electron chi connectivity index (χ2n) is 8.74. The molecule has 0 unspecified atom stereocenters. The number of amides is 1. The molecule has 0 saturated carbocycles. The minimum Gasteiger partial charge on any atom is -0.377 e. The number of carbonyl (C=O) groups is 1. The van der Waals surface area contributed by atoms with Crippen LogP contribution >= 0.6 is 0 Å². The normalized spacial score (nSPS) is 14.2. The minimum atomic E-state index is -0.702. The maximum absolute atomic E-state index is 14.2. The number of unbranched alkanes of at least 4 members (excludes halogenated alkanes) is 1. The molecule has 8 heteroatoms. The molecule has 0 saturated heterocycles. The fourth-order valence-electron chi connectivity index (χ4n) is 3.93. The number of rotatable bonds is 13. The van der Waals surface area contributed by atoms with Crippen molar-refractivity contribution in [1.82, 2.24) is 15.8 Å². The molecule has 33 heavy (non-hydrogen) atoms. The summed E-state index contributed by atoms with van der Waals surface area (Å²) in [5.41, 5.74) is 4.09. The van der Waals surface area contributed by atoms with Gasteiger partial charge in [0.15, 0.2) is 0 Å². The smallest absolute Gasteiger partial charge is 0.246 e. The Labute approximate surface area is 194 Å². The molecule has 2 rings (SSSR count). The molecule has 1 heterocycles. The highest BCUT2D eigenvalue weighted by Crippen LogP contribution is 2.28. The molecule has 0 aliphatic carbocycles. The second kappa shape index (κ2) is 13.3. The van der Waals surface area contributed by atoms with Gasteiger partial charge in [0.05, 0.1) is 24.0 Å². The summed E-state index contributed by atoms with van der Waals surface area (Å²) in [6.07, 6.45) is 3.23. The zero-order chi connectivity index (χ0) is 24.4. The standard InChI is InChI=1S/C25H35F2N3O3/c1-16(2)23(24-21(27)14-20(26)15-29-24)28-12-6-5-7-19(25(31)30-32)13-22(33-4)18-10-8-17(3)9-11-18/h8-11,14-16,19,22-23,28,32H,5-7,12-13H2,1-4H3,(H,30,31)/t19-,22+,23+/m0/s1. The van der Waals surface area contributed by atoms with Crippen LogP contribution in [0.25, 0.3) is 0 Å². The summed E-state index contributed by atoms with van der Waals surface area (Å²) in [6.45, 7) is 6.48. The van der Waals surface area contributed by atoms with E-state index in [9.17, 15) is 18.8 Å². The van der Waals surface area contributed by atoms with Gasteiger partial charge in [-0.15, -0.1) is 0 Å². The lowest BCUT2D eigenvalue weighted by Gasteiger charge is -2.23. The third-order valence-electron chi connectivity index (χ3n) is 5.85. The van der Waals surface area contributed by atoms with Crippen molar-refractivity contribution in [2.75, 3.05) is 13.7 Å². The molecule has 3 N–H and O–H groups in total. The summed E-state index contributed by atoms with van der Waals surface area (Å²) in [5, 5.41) is 12.5. The van der Waals surface area contributed by atoms with E-state index < -0.39 is 23.5 Å². The summed E-state index contributed by atoms with van der Waals surface area (Å²) >= 11 is 0. The van der Waals surface area contributed by atoms with E-state index in [1.54, 1.807) is 12.6 Å². The number of ether oxygens (including phenoxy) is 1. The summed E-state index contributed by atoms with van der Waals surface area (Å²) in [6, 6.07) is 8.46. The number of nitrogens with one attached hydrogen (secondary N) is 2. The van der Waals surface area contributed by atoms with Gasteiger partial charge in [0.25, 0.3) is 0 Å². The van der Waals surface area contributed by atoms with Crippen molar-refractivity contribution < 1.29 is 23.5 Å². The molecule has 0 spiro atoms. The van der Waals surface area contributed by atoms with Crippen LogP contribution in [0.15, 0.2) is 36.5 Å². The van der Waals surface area contributed by atoms with Crippen molar-refractivity contribution >= 4 is 5.91 Å². The number of nitrogens with zero attached hydrogens (tertiary/aromatic N) is 1. The van der Waals surface area contributed by atoms with Gasteiger partial charge in [-0.2, -0.15) is 0 Å². The maximum Gasteiger partial charge on any atom is 0.246 e. The molecular formula is C25H35F2N3O3. The van der Waals surface area contributed by atoms with Gasteiger partial charge in [-0.25, -0.2) is 14.3 Å². The number of benzene rings is 1. The highest BCUT2D eigenvalue weighted by molar-refractivity contribution is 5.77. The van der Waals surface area contributed by atoms with E-state index in [0.29, 0.717) is 19.4 Å². The predicted molar refractivity (Wildman–Crippen MR) is 123 cm³/mol. The van der Waals surface area contributed by atoms with Crippen LogP contribution < -0.4 is 10.8 Å². The van der Waals surface area contributed by atoms with Crippen molar-refractivity contribution in [2.24, 2.45) is 11.8 Å². The Hall–Kier alpha value is -2.42.